The monoisotopic (exact) mass is 383 g/mol. The van der Waals surface area contributed by atoms with Crippen molar-refractivity contribution in [2.45, 2.75) is 13.8 Å². The number of hydrogen-bond acceptors (Lipinski definition) is 5. The molecule has 0 aliphatic carbocycles. The maximum absolute atomic E-state index is 13.3. The van der Waals surface area contributed by atoms with E-state index in [1.54, 1.807) is 24.3 Å². The lowest BCUT2D eigenvalue weighted by Crippen LogP contribution is -2.32. The highest BCUT2D eigenvalue weighted by molar-refractivity contribution is 8.04. The number of carbonyl (C=O) groups excluding carboxylic acids is 2. The molecule has 2 aromatic carbocycles. The van der Waals surface area contributed by atoms with Gasteiger partial charge in [-0.2, -0.15) is 0 Å². The molecule has 0 fully saturated rings. The maximum Gasteiger partial charge on any atom is 0.272 e. The first kappa shape index (κ1) is 19.2. The molecule has 2 aromatic rings. The lowest BCUT2D eigenvalue weighted by atomic mass is 10.0. The molecule has 0 unspecified atom stereocenters. The van der Waals surface area contributed by atoms with Gasteiger partial charge in [0.2, 0.25) is 0 Å². The van der Waals surface area contributed by atoms with E-state index >= 15 is 0 Å². The zero-order valence-electron chi connectivity index (χ0n) is 15.5. The van der Waals surface area contributed by atoms with Crippen LogP contribution in [0.25, 0.3) is 5.57 Å². The Morgan fingerprint density at radius 1 is 1.07 bits per heavy atom. The summed E-state index contributed by atoms with van der Waals surface area (Å²) in [6, 6.07) is 12.8. The van der Waals surface area contributed by atoms with Gasteiger partial charge in [0.05, 0.1) is 29.9 Å². The summed E-state index contributed by atoms with van der Waals surface area (Å²) < 4.78 is 5.40. The molecule has 0 radical (unpaired) electrons. The van der Waals surface area contributed by atoms with Crippen molar-refractivity contribution in [1.29, 1.82) is 0 Å². The van der Waals surface area contributed by atoms with E-state index in [1.165, 1.54) is 23.8 Å². The van der Waals surface area contributed by atoms with Gasteiger partial charge in [-0.15, -0.1) is 11.8 Å². The number of amides is 2. The molecule has 27 heavy (non-hydrogen) atoms. The van der Waals surface area contributed by atoms with Crippen LogP contribution in [0.5, 0.6) is 5.75 Å². The first-order valence-electron chi connectivity index (χ1n) is 8.57. The Hall–Kier alpha value is -2.57. The van der Waals surface area contributed by atoms with Crippen molar-refractivity contribution in [3.8, 4) is 5.75 Å². The molecule has 1 aliphatic heterocycles. The number of thioether (sulfide) groups is 1. The first-order chi connectivity index (χ1) is 13.0. The third-order valence-electron chi connectivity index (χ3n) is 4.35. The van der Waals surface area contributed by atoms with E-state index < -0.39 is 0 Å². The minimum absolute atomic E-state index is 0.0849. The normalized spacial score (nSPS) is 14.3. The van der Waals surface area contributed by atoms with Crippen molar-refractivity contribution < 1.29 is 19.4 Å². The number of nitrogens with zero attached hydrogens (tertiary/aromatic N) is 1. The number of methoxy groups -OCH3 is 1. The minimum atomic E-state index is -0.378. The van der Waals surface area contributed by atoms with Gasteiger partial charge in [0.1, 0.15) is 5.75 Å². The van der Waals surface area contributed by atoms with E-state index in [0.29, 0.717) is 33.2 Å². The highest BCUT2D eigenvalue weighted by atomic mass is 32.2. The Bertz CT molecular complexity index is 936. The minimum Gasteiger partial charge on any atom is -0.496 e. The molecule has 5 nitrogen and oxygen atoms in total. The van der Waals surface area contributed by atoms with E-state index in [4.69, 9.17) is 4.74 Å². The van der Waals surface area contributed by atoms with Gasteiger partial charge in [0.15, 0.2) is 0 Å². The standard InChI is InChI=1S/C21H21NO4S/c1-13-8-9-16(14(2)12-13)22-20(24)18(19(21(22)25)27-11-10-23)15-6-4-5-7-17(15)26-3/h4-9,12,23H,10-11H2,1-3H3. The Labute approximate surface area is 162 Å². The molecular formula is C21H21NO4S. The predicted molar refractivity (Wildman–Crippen MR) is 108 cm³/mol. The molecule has 0 atom stereocenters. The molecule has 2 amide bonds. The van der Waals surface area contributed by atoms with Gasteiger partial charge in [-0.25, -0.2) is 4.90 Å². The highest BCUT2D eigenvalue weighted by Crippen LogP contribution is 2.41. The van der Waals surface area contributed by atoms with Crippen molar-refractivity contribution in [2.24, 2.45) is 0 Å². The molecule has 0 bridgehead atoms. The number of carbonyl (C=O) groups is 2. The van der Waals surface area contributed by atoms with E-state index in [-0.39, 0.29) is 18.4 Å². The van der Waals surface area contributed by atoms with Crippen LogP contribution in [0, 0.1) is 13.8 Å². The van der Waals surface area contributed by atoms with Crippen LogP contribution >= 0.6 is 11.8 Å². The first-order valence-corrected chi connectivity index (χ1v) is 9.55. The third kappa shape index (κ3) is 3.50. The number of aliphatic hydroxyl groups excluding tert-OH is 1. The predicted octanol–water partition coefficient (Wildman–Crippen LogP) is 3.32. The second-order valence-corrected chi connectivity index (χ2v) is 7.32. The van der Waals surface area contributed by atoms with Crippen LogP contribution in [0.2, 0.25) is 0 Å². The lowest BCUT2D eigenvalue weighted by molar-refractivity contribution is -0.119. The number of anilines is 1. The Morgan fingerprint density at radius 3 is 2.48 bits per heavy atom. The van der Waals surface area contributed by atoms with Gasteiger partial charge >= 0.3 is 0 Å². The average molecular weight is 383 g/mol. The summed E-state index contributed by atoms with van der Waals surface area (Å²) in [6.45, 7) is 3.76. The number of hydrogen-bond donors (Lipinski definition) is 1. The third-order valence-corrected chi connectivity index (χ3v) is 5.40. The number of aryl methyl sites for hydroxylation is 2. The summed E-state index contributed by atoms with van der Waals surface area (Å²) in [5, 5.41) is 9.22. The van der Waals surface area contributed by atoms with Crippen LogP contribution in [-0.4, -0.2) is 36.4 Å². The molecule has 0 spiro atoms. The van der Waals surface area contributed by atoms with Crippen molar-refractivity contribution in [1.82, 2.24) is 0 Å². The number of rotatable bonds is 6. The van der Waals surface area contributed by atoms with Crippen LogP contribution in [0.15, 0.2) is 47.4 Å². The molecule has 0 aromatic heterocycles. The summed E-state index contributed by atoms with van der Waals surface area (Å²) in [5.74, 6) is 0.106. The van der Waals surface area contributed by atoms with E-state index in [0.717, 1.165) is 11.1 Å². The van der Waals surface area contributed by atoms with Crippen LogP contribution < -0.4 is 9.64 Å². The Morgan fingerprint density at radius 2 is 1.81 bits per heavy atom. The lowest BCUT2D eigenvalue weighted by Gasteiger charge is -2.18. The summed E-state index contributed by atoms with van der Waals surface area (Å²) in [6.07, 6.45) is 0. The fourth-order valence-corrected chi connectivity index (χ4v) is 4.01. The fourth-order valence-electron chi connectivity index (χ4n) is 3.16. The quantitative estimate of drug-likeness (QED) is 0.775. The van der Waals surface area contributed by atoms with Gasteiger partial charge in [0.25, 0.3) is 11.8 Å². The number of ether oxygens (including phenoxy) is 1. The second kappa shape index (κ2) is 7.98. The summed E-state index contributed by atoms with van der Waals surface area (Å²) >= 11 is 1.19. The molecule has 140 valence electrons. The Kier molecular flexibility index (Phi) is 5.68. The van der Waals surface area contributed by atoms with Crippen LogP contribution in [0.1, 0.15) is 16.7 Å². The topological polar surface area (TPSA) is 66.8 Å². The number of para-hydroxylation sites is 1. The van der Waals surface area contributed by atoms with E-state index in [9.17, 15) is 14.7 Å². The number of benzene rings is 2. The summed E-state index contributed by atoms with van der Waals surface area (Å²) in [5.41, 5.74) is 3.37. The van der Waals surface area contributed by atoms with Crippen molar-refractivity contribution >= 4 is 34.8 Å². The van der Waals surface area contributed by atoms with Crippen molar-refractivity contribution in [3.63, 3.8) is 0 Å². The molecule has 1 aliphatic rings. The van der Waals surface area contributed by atoms with Gasteiger partial charge in [-0.1, -0.05) is 35.9 Å². The average Bonchev–Trinajstić information content (AvgIpc) is 2.90. The Balaban J connectivity index is 2.14. The summed E-state index contributed by atoms with van der Waals surface area (Å²) in [4.78, 5) is 28.0. The molecular weight excluding hydrogens is 362 g/mol. The largest absolute Gasteiger partial charge is 0.496 e. The molecule has 3 rings (SSSR count). The molecule has 0 saturated carbocycles. The number of aliphatic hydroxyl groups is 1. The molecule has 1 N–H and O–H groups in total. The summed E-state index contributed by atoms with van der Waals surface area (Å²) in [7, 11) is 1.53. The second-order valence-electron chi connectivity index (χ2n) is 6.21. The zero-order valence-corrected chi connectivity index (χ0v) is 16.3. The maximum atomic E-state index is 13.3. The molecule has 1 heterocycles. The highest BCUT2D eigenvalue weighted by Gasteiger charge is 2.41. The molecule has 0 saturated heterocycles. The van der Waals surface area contributed by atoms with Crippen LogP contribution in [0.4, 0.5) is 5.69 Å². The van der Waals surface area contributed by atoms with Gasteiger partial charge in [-0.05, 0) is 31.5 Å². The smallest absolute Gasteiger partial charge is 0.272 e. The van der Waals surface area contributed by atoms with Crippen LogP contribution in [-0.2, 0) is 9.59 Å². The van der Waals surface area contributed by atoms with Crippen molar-refractivity contribution in [2.75, 3.05) is 24.4 Å². The van der Waals surface area contributed by atoms with Gasteiger partial charge in [0, 0.05) is 11.3 Å². The van der Waals surface area contributed by atoms with Crippen molar-refractivity contribution in [3.05, 3.63) is 64.1 Å². The molecule has 6 heteroatoms. The fraction of sp³-hybridized carbons (Fsp3) is 0.238. The van der Waals surface area contributed by atoms with Crippen LogP contribution in [0.3, 0.4) is 0 Å². The zero-order chi connectivity index (χ0) is 19.6. The SMILES string of the molecule is COc1ccccc1C1=C(SCCO)C(=O)N(c2ccc(C)cc2C)C1=O. The van der Waals surface area contributed by atoms with Gasteiger partial charge < -0.3 is 9.84 Å². The van der Waals surface area contributed by atoms with E-state index in [2.05, 4.69) is 0 Å². The van der Waals surface area contributed by atoms with Gasteiger partial charge in [-0.3, -0.25) is 9.59 Å². The van der Waals surface area contributed by atoms with E-state index in [1.807, 2.05) is 32.0 Å². The number of imide groups is 1.